The molecule has 21 heavy (non-hydrogen) atoms. The van der Waals surface area contributed by atoms with E-state index in [4.69, 9.17) is 5.73 Å². The van der Waals surface area contributed by atoms with Gasteiger partial charge in [0.15, 0.2) is 0 Å². The number of hydrogen-bond acceptors (Lipinski definition) is 4. The molecule has 0 aliphatic rings. The molecule has 0 saturated heterocycles. The molecule has 0 unspecified atom stereocenters. The molecule has 1 amide bonds. The summed E-state index contributed by atoms with van der Waals surface area (Å²) in [6, 6.07) is 11.6. The highest BCUT2D eigenvalue weighted by atomic mass is 16.2. The van der Waals surface area contributed by atoms with Crippen molar-refractivity contribution in [3.05, 3.63) is 59.4 Å². The second-order valence-corrected chi connectivity index (χ2v) is 4.96. The molecule has 1 aromatic carbocycles. The smallest absolute Gasteiger partial charge is 0.272 e. The summed E-state index contributed by atoms with van der Waals surface area (Å²) < 4.78 is 0. The van der Waals surface area contributed by atoms with E-state index >= 15 is 0 Å². The lowest BCUT2D eigenvalue weighted by molar-refractivity contribution is 0.0822. The number of nitrogens with two attached hydrogens (primary N) is 1. The number of hydrogen-bond donors (Lipinski definition) is 2. The molecule has 110 valence electrons. The zero-order valence-electron chi connectivity index (χ0n) is 12.3. The fourth-order valence-corrected chi connectivity index (χ4v) is 2.01. The van der Waals surface area contributed by atoms with E-state index in [-0.39, 0.29) is 5.91 Å². The van der Waals surface area contributed by atoms with Crippen LogP contribution in [0.2, 0.25) is 0 Å². The van der Waals surface area contributed by atoms with Gasteiger partial charge in [-0.05, 0) is 23.3 Å². The molecular weight excluding hydrogens is 264 g/mol. The van der Waals surface area contributed by atoms with Gasteiger partial charge in [-0.15, -0.1) is 0 Å². The molecule has 0 radical (unpaired) electrons. The van der Waals surface area contributed by atoms with Crippen molar-refractivity contribution in [2.24, 2.45) is 5.73 Å². The third kappa shape index (κ3) is 3.79. The molecule has 0 aliphatic heterocycles. The lowest BCUT2D eigenvalue weighted by atomic mass is 10.1. The van der Waals surface area contributed by atoms with Gasteiger partial charge in [0, 0.05) is 39.1 Å². The van der Waals surface area contributed by atoms with E-state index in [1.165, 1.54) is 4.90 Å². The Morgan fingerprint density at radius 2 is 1.95 bits per heavy atom. The minimum Gasteiger partial charge on any atom is -0.381 e. The highest BCUT2D eigenvalue weighted by molar-refractivity contribution is 5.92. The van der Waals surface area contributed by atoms with E-state index in [9.17, 15) is 4.79 Å². The molecule has 1 heterocycles. The Balaban J connectivity index is 2.10. The zero-order valence-corrected chi connectivity index (χ0v) is 12.3. The Labute approximate surface area is 124 Å². The van der Waals surface area contributed by atoms with Gasteiger partial charge in [0.2, 0.25) is 0 Å². The summed E-state index contributed by atoms with van der Waals surface area (Å²) in [5.41, 5.74) is 9.28. The topological polar surface area (TPSA) is 71.2 Å². The molecule has 1 aromatic heterocycles. The Bertz CT molecular complexity index is 625. The Kier molecular flexibility index (Phi) is 4.90. The standard InChI is InChI=1S/C16H20N4O/c1-20(2)16(21)15-9-14(7-8-18-15)19-11-13-6-4-3-5-12(13)10-17/h3-9H,10-11,17H2,1-2H3,(H,18,19). The van der Waals surface area contributed by atoms with Crippen molar-refractivity contribution in [1.82, 2.24) is 9.88 Å². The van der Waals surface area contributed by atoms with Crippen LogP contribution in [-0.2, 0) is 13.1 Å². The highest BCUT2D eigenvalue weighted by Crippen LogP contribution is 2.13. The van der Waals surface area contributed by atoms with E-state index in [1.807, 2.05) is 30.3 Å². The largest absolute Gasteiger partial charge is 0.381 e. The average molecular weight is 284 g/mol. The summed E-state index contributed by atoms with van der Waals surface area (Å²) in [5.74, 6) is -0.110. The summed E-state index contributed by atoms with van der Waals surface area (Å²) >= 11 is 0. The van der Waals surface area contributed by atoms with Gasteiger partial charge in [0.25, 0.3) is 5.91 Å². The molecular formula is C16H20N4O. The van der Waals surface area contributed by atoms with Gasteiger partial charge >= 0.3 is 0 Å². The van der Waals surface area contributed by atoms with Crippen LogP contribution in [0.3, 0.4) is 0 Å². The molecule has 0 spiro atoms. The Morgan fingerprint density at radius 3 is 2.62 bits per heavy atom. The molecule has 5 heteroatoms. The van der Waals surface area contributed by atoms with E-state index in [1.54, 1.807) is 26.4 Å². The first-order chi connectivity index (χ1) is 10.1. The Hall–Kier alpha value is -2.40. The Morgan fingerprint density at radius 1 is 1.24 bits per heavy atom. The SMILES string of the molecule is CN(C)C(=O)c1cc(NCc2ccccc2CN)ccn1. The predicted octanol–water partition coefficient (Wildman–Crippen LogP) is 1.85. The number of pyridine rings is 1. The molecule has 2 aromatic rings. The molecule has 0 atom stereocenters. The maximum absolute atomic E-state index is 11.9. The first kappa shape index (κ1) is 15.0. The summed E-state index contributed by atoms with van der Waals surface area (Å²) in [6.07, 6.45) is 1.63. The van der Waals surface area contributed by atoms with Crippen LogP contribution in [0.15, 0.2) is 42.6 Å². The first-order valence-electron chi connectivity index (χ1n) is 6.80. The number of rotatable bonds is 5. The summed E-state index contributed by atoms with van der Waals surface area (Å²) in [5, 5.41) is 3.30. The van der Waals surface area contributed by atoms with Crippen LogP contribution in [0.5, 0.6) is 0 Å². The van der Waals surface area contributed by atoms with Gasteiger partial charge in [-0.3, -0.25) is 9.78 Å². The molecule has 5 nitrogen and oxygen atoms in total. The van der Waals surface area contributed by atoms with Crippen LogP contribution < -0.4 is 11.1 Å². The summed E-state index contributed by atoms with van der Waals surface area (Å²) in [4.78, 5) is 17.5. The summed E-state index contributed by atoms with van der Waals surface area (Å²) in [7, 11) is 3.42. The fourth-order valence-electron chi connectivity index (χ4n) is 2.01. The van der Waals surface area contributed by atoms with Gasteiger partial charge in [-0.2, -0.15) is 0 Å². The minimum atomic E-state index is -0.110. The number of anilines is 1. The second-order valence-electron chi connectivity index (χ2n) is 4.96. The minimum absolute atomic E-state index is 0.110. The predicted molar refractivity (Wildman–Crippen MR) is 83.9 cm³/mol. The molecule has 3 N–H and O–H groups in total. The van der Waals surface area contributed by atoms with Gasteiger partial charge in [0.1, 0.15) is 5.69 Å². The van der Waals surface area contributed by atoms with Crippen molar-refractivity contribution in [1.29, 1.82) is 0 Å². The van der Waals surface area contributed by atoms with Crippen molar-refractivity contribution in [2.75, 3.05) is 19.4 Å². The van der Waals surface area contributed by atoms with Gasteiger partial charge in [-0.25, -0.2) is 0 Å². The van der Waals surface area contributed by atoms with Gasteiger partial charge in [-0.1, -0.05) is 24.3 Å². The van der Waals surface area contributed by atoms with Gasteiger partial charge in [0.05, 0.1) is 0 Å². The second kappa shape index (κ2) is 6.85. The number of carbonyl (C=O) groups is 1. The van der Waals surface area contributed by atoms with Crippen molar-refractivity contribution in [2.45, 2.75) is 13.1 Å². The first-order valence-corrected chi connectivity index (χ1v) is 6.80. The molecule has 2 rings (SSSR count). The van der Waals surface area contributed by atoms with Crippen LogP contribution in [0, 0.1) is 0 Å². The van der Waals surface area contributed by atoms with Crippen molar-refractivity contribution in [3.8, 4) is 0 Å². The maximum Gasteiger partial charge on any atom is 0.272 e. The number of carbonyl (C=O) groups excluding carboxylic acids is 1. The third-order valence-corrected chi connectivity index (χ3v) is 3.21. The zero-order chi connectivity index (χ0) is 15.2. The van der Waals surface area contributed by atoms with Crippen LogP contribution in [0.1, 0.15) is 21.6 Å². The quantitative estimate of drug-likeness (QED) is 0.879. The van der Waals surface area contributed by atoms with Crippen molar-refractivity contribution in [3.63, 3.8) is 0 Å². The van der Waals surface area contributed by atoms with E-state index in [0.29, 0.717) is 18.8 Å². The number of amides is 1. The molecule has 0 bridgehead atoms. The van der Waals surface area contributed by atoms with Gasteiger partial charge < -0.3 is 16.0 Å². The van der Waals surface area contributed by atoms with Crippen molar-refractivity contribution >= 4 is 11.6 Å². The normalized spacial score (nSPS) is 10.2. The van der Waals surface area contributed by atoms with Crippen LogP contribution in [0.4, 0.5) is 5.69 Å². The van der Waals surface area contributed by atoms with Crippen LogP contribution in [-0.4, -0.2) is 29.9 Å². The molecule has 0 fully saturated rings. The molecule has 0 aliphatic carbocycles. The fraction of sp³-hybridized carbons (Fsp3) is 0.250. The number of aromatic nitrogens is 1. The summed E-state index contributed by atoms with van der Waals surface area (Å²) in [6.45, 7) is 1.17. The van der Waals surface area contributed by atoms with Crippen LogP contribution >= 0.6 is 0 Å². The number of nitrogens with zero attached hydrogens (tertiary/aromatic N) is 2. The monoisotopic (exact) mass is 284 g/mol. The maximum atomic E-state index is 11.9. The van der Waals surface area contributed by atoms with E-state index in [2.05, 4.69) is 10.3 Å². The molecule has 0 saturated carbocycles. The van der Waals surface area contributed by atoms with Crippen molar-refractivity contribution < 1.29 is 4.79 Å². The number of nitrogens with one attached hydrogen (secondary N) is 1. The number of benzene rings is 1. The highest BCUT2D eigenvalue weighted by Gasteiger charge is 2.09. The third-order valence-electron chi connectivity index (χ3n) is 3.21. The van der Waals surface area contributed by atoms with E-state index < -0.39 is 0 Å². The lowest BCUT2D eigenvalue weighted by Gasteiger charge is -2.12. The van der Waals surface area contributed by atoms with Crippen LogP contribution in [0.25, 0.3) is 0 Å². The average Bonchev–Trinajstić information content (AvgIpc) is 2.52. The van der Waals surface area contributed by atoms with E-state index in [0.717, 1.165) is 16.8 Å². The lowest BCUT2D eigenvalue weighted by Crippen LogP contribution is -2.22.